The Labute approximate surface area is 176 Å². The summed E-state index contributed by atoms with van der Waals surface area (Å²) in [5.74, 6) is -0.314. The lowest BCUT2D eigenvalue weighted by Crippen LogP contribution is -2.31. The Morgan fingerprint density at radius 2 is 1.83 bits per heavy atom. The Morgan fingerprint density at radius 1 is 1.10 bits per heavy atom. The highest BCUT2D eigenvalue weighted by molar-refractivity contribution is 5.94. The molecule has 1 atom stereocenters. The maximum atomic E-state index is 12.3. The molecule has 3 aromatic rings. The van der Waals surface area contributed by atoms with Crippen molar-refractivity contribution in [2.75, 3.05) is 6.61 Å². The number of nitrogens with one attached hydrogen (secondary N) is 1. The fourth-order valence-electron chi connectivity index (χ4n) is 3.33. The van der Waals surface area contributed by atoms with Gasteiger partial charge in [-0.2, -0.15) is 0 Å². The number of rotatable bonds is 8. The second-order valence-electron chi connectivity index (χ2n) is 7.81. The van der Waals surface area contributed by atoms with E-state index < -0.39 is 5.97 Å². The molecule has 0 aliphatic rings. The summed E-state index contributed by atoms with van der Waals surface area (Å²) in [6.07, 6.45) is 1.03. The maximum absolute atomic E-state index is 12.3. The Hall–Kier alpha value is -3.22. The topological polar surface area (TPSA) is 86.1 Å². The predicted octanol–water partition coefficient (Wildman–Crippen LogP) is 3.68. The Kier molecular flexibility index (Phi) is 6.82. The van der Waals surface area contributed by atoms with Gasteiger partial charge in [0.1, 0.15) is 5.52 Å². The summed E-state index contributed by atoms with van der Waals surface area (Å²) in [4.78, 5) is 24.5. The highest BCUT2D eigenvalue weighted by Crippen LogP contribution is 2.16. The van der Waals surface area contributed by atoms with Crippen LogP contribution in [0.3, 0.4) is 0 Å². The summed E-state index contributed by atoms with van der Waals surface area (Å²) < 4.78 is 6.91. The van der Waals surface area contributed by atoms with Gasteiger partial charge in [0.2, 0.25) is 0 Å². The zero-order chi connectivity index (χ0) is 21.7. The number of benzene rings is 2. The van der Waals surface area contributed by atoms with E-state index in [0.29, 0.717) is 23.5 Å². The molecule has 158 valence electrons. The molecule has 0 fully saturated rings. The lowest BCUT2D eigenvalue weighted by Gasteiger charge is -2.15. The van der Waals surface area contributed by atoms with Crippen LogP contribution in [0, 0.1) is 5.92 Å². The molecule has 0 unspecified atom stereocenters. The Bertz CT molecular complexity index is 1020. The normalized spacial score (nSPS) is 12.2. The number of fused-ring (bicyclic) bond motifs is 1. The van der Waals surface area contributed by atoms with Crippen molar-refractivity contribution in [3.63, 3.8) is 0 Å². The van der Waals surface area contributed by atoms with E-state index in [2.05, 4.69) is 41.6 Å². The van der Waals surface area contributed by atoms with Crippen LogP contribution in [0.4, 0.5) is 0 Å². The van der Waals surface area contributed by atoms with E-state index in [0.717, 1.165) is 17.5 Å². The van der Waals surface area contributed by atoms with Gasteiger partial charge in [0, 0.05) is 6.54 Å². The number of carbonyl (C=O) groups is 2. The Balaban J connectivity index is 1.53. The minimum atomic E-state index is -0.566. The third-order valence-electron chi connectivity index (χ3n) is 4.88. The summed E-state index contributed by atoms with van der Waals surface area (Å²) in [6.45, 7) is 8.60. The second kappa shape index (κ2) is 9.52. The van der Waals surface area contributed by atoms with E-state index in [9.17, 15) is 9.59 Å². The first-order valence-corrected chi connectivity index (χ1v) is 10.3. The van der Waals surface area contributed by atoms with E-state index in [1.165, 1.54) is 5.56 Å². The SMILES string of the molecule is CCn1nnc2cc(C(=O)OCC(=O)N[C@H](C)c3ccc(CC(C)C)cc3)ccc21. The molecular weight excluding hydrogens is 380 g/mol. The van der Waals surface area contributed by atoms with Crippen LogP contribution in [0.2, 0.25) is 0 Å². The third-order valence-corrected chi connectivity index (χ3v) is 4.88. The number of aromatic nitrogens is 3. The van der Waals surface area contributed by atoms with Gasteiger partial charge in [0.15, 0.2) is 6.61 Å². The molecular formula is C23H28N4O3. The summed E-state index contributed by atoms with van der Waals surface area (Å²) in [7, 11) is 0. The monoisotopic (exact) mass is 408 g/mol. The minimum absolute atomic E-state index is 0.176. The van der Waals surface area contributed by atoms with Crippen LogP contribution < -0.4 is 5.32 Å². The number of hydrogen-bond donors (Lipinski definition) is 1. The molecule has 7 heteroatoms. The first-order valence-electron chi connectivity index (χ1n) is 10.3. The quantitative estimate of drug-likeness (QED) is 0.575. The molecule has 0 radical (unpaired) electrons. The maximum Gasteiger partial charge on any atom is 0.338 e. The van der Waals surface area contributed by atoms with Crippen molar-refractivity contribution in [1.29, 1.82) is 0 Å². The largest absolute Gasteiger partial charge is 0.452 e. The smallest absolute Gasteiger partial charge is 0.338 e. The van der Waals surface area contributed by atoms with E-state index in [1.54, 1.807) is 22.9 Å². The highest BCUT2D eigenvalue weighted by Gasteiger charge is 2.15. The zero-order valence-corrected chi connectivity index (χ0v) is 17.9. The fourth-order valence-corrected chi connectivity index (χ4v) is 3.33. The van der Waals surface area contributed by atoms with Crippen molar-refractivity contribution in [3.05, 3.63) is 59.2 Å². The molecule has 0 bridgehead atoms. The van der Waals surface area contributed by atoms with Crippen LogP contribution in [-0.2, 0) is 22.5 Å². The summed E-state index contributed by atoms with van der Waals surface area (Å²) in [5, 5.41) is 10.9. The van der Waals surface area contributed by atoms with E-state index in [1.807, 2.05) is 26.0 Å². The van der Waals surface area contributed by atoms with Gasteiger partial charge in [-0.05, 0) is 55.5 Å². The van der Waals surface area contributed by atoms with Crippen LogP contribution in [0.25, 0.3) is 11.0 Å². The Morgan fingerprint density at radius 3 is 2.50 bits per heavy atom. The molecule has 1 heterocycles. The van der Waals surface area contributed by atoms with Crippen LogP contribution in [0.5, 0.6) is 0 Å². The van der Waals surface area contributed by atoms with Gasteiger partial charge in [0.25, 0.3) is 5.91 Å². The number of amides is 1. The summed E-state index contributed by atoms with van der Waals surface area (Å²) in [5.41, 5.74) is 4.08. The van der Waals surface area contributed by atoms with Crippen molar-refractivity contribution >= 4 is 22.9 Å². The lowest BCUT2D eigenvalue weighted by molar-refractivity contribution is -0.124. The first kappa shape index (κ1) is 21.5. The summed E-state index contributed by atoms with van der Waals surface area (Å²) >= 11 is 0. The molecule has 7 nitrogen and oxygen atoms in total. The standard InChI is InChI=1S/C23H28N4O3/c1-5-27-21-11-10-19(13-20(21)25-26-27)23(29)30-14-22(28)24-16(4)18-8-6-17(7-9-18)12-15(2)3/h6-11,13,15-16H,5,12,14H2,1-4H3,(H,24,28)/t16-/m1/s1. The van der Waals surface area contributed by atoms with Gasteiger partial charge in [-0.1, -0.05) is 43.3 Å². The number of hydrogen-bond acceptors (Lipinski definition) is 5. The molecule has 0 aliphatic heterocycles. The van der Waals surface area contributed by atoms with Crippen LogP contribution in [0.15, 0.2) is 42.5 Å². The molecule has 0 saturated heterocycles. The highest BCUT2D eigenvalue weighted by atomic mass is 16.5. The number of carbonyl (C=O) groups excluding carboxylic acids is 2. The molecule has 30 heavy (non-hydrogen) atoms. The van der Waals surface area contributed by atoms with Crippen molar-refractivity contribution in [1.82, 2.24) is 20.3 Å². The second-order valence-corrected chi connectivity index (χ2v) is 7.81. The number of ether oxygens (including phenoxy) is 1. The van der Waals surface area contributed by atoms with Gasteiger partial charge < -0.3 is 10.1 Å². The van der Waals surface area contributed by atoms with Crippen molar-refractivity contribution in [3.8, 4) is 0 Å². The van der Waals surface area contributed by atoms with Gasteiger partial charge >= 0.3 is 5.97 Å². The average molecular weight is 409 g/mol. The predicted molar refractivity (Wildman–Crippen MR) is 115 cm³/mol. The first-order chi connectivity index (χ1) is 14.4. The van der Waals surface area contributed by atoms with E-state index in [-0.39, 0.29) is 18.6 Å². The third kappa shape index (κ3) is 5.23. The van der Waals surface area contributed by atoms with Gasteiger partial charge in [-0.3, -0.25) is 4.79 Å². The van der Waals surface area contributed by atoms with Gasteiger partial charge in [-0.15, -0.1) is 5.10 Å². The number of esters is 1. The zero-order valence-electron chi connectivity index (χ0n) is 17.9. The van der Waals surface area contributed by atoms with Crippen molar-refractivity contribution < 1.29 is 14.3 Å². The molecule has 1 amide bonds. The van der Waals surface area contributed by atoms with Crippen molar-refractivity contribution in [2.24, 2.45) is 5.92 Å². The van der Waals surface area contributed by atoms with E-state index in [4.69, 9.17) is 4.74 Å². The van der Waals surface area contributed by atoms with Crippen LogP contribution in [0.1, 0.15) is 55.2 Å². The fraction of sp³-hybridized carbons (Fsp3) is 0.391. The van der Waals surface area contributed by atoms with Crippen LogP contribution >= 0.6 is 0 Å². The van der Waals surface area contributed by atoms with Crippen LogP contribution in [-0.4, -0.2) is 33.5 Å². The van der Waals surface area contributed by atoms with Gasteiger partial charge in [0.05, 0.1) is 17.1 Å². The van der Waals surface area contributed by atoms with Crippen molar-refractivity contribution in [2.45, 2.75) is 46.7 Å². The molecule has 3 rings (SSSR count). The molecule has 0 aliphatic carbocycles. The molecule has 1 N–H and O–H groups in total. The van der Waals surface area contributed by atoms with E-state index >= 15 is 0 Å². The molecule has 0 spiro atoms. The molecule has 0 saturated carbocycles. The summed E-state index contributed by atoms with van der Waals surface area (Å²) in [6, 6.07) is 13.1. The average Bonchev–Trinajstić information content (AvgIpc) is 3.14. The minimum Gasteiger partial charge on any atom is -0.452 e. The lowest BCUT2D eigenvalue weighted by atomic mass is 10.00. The number of nitrogens with zero attached hydrogens (tertiary/aromatic N) is 3. The molecule has 1 aromatic heterocycles. The number of aryl methyl sites for hydroxylation is 1. The van der Waals surface area contributed by atoms with Gasteiger partial charge in [-0.25, -0.2) is 9.48 Å². The molecule has 2 aromatic carbocycles.